The van der Waals surface area contributed by atoms with Gasteiger partial charge in [0.2, 0.25) is 0 Å². The summed E-state index contributed by atoms with van der Waals surface area (Å²) in [5, 5.41) is 21.4. The molecule has 188 valence electrons. The molecule has 2 aromatic carbocycles. The van der Waals surface area contributed by atoms with Gasteiger partial charge in [-0.25, -0.2) is 14.2 Å². The number of hydrogen-bond donors (Lipinski definition) is 2. The van der Waals surface area contributed by atoms with Crippen LogP contribution in [0.5, 0.6) is 0 Å². The van der Waals surface area contributed by atoms with E-state index in [2.05, 4.69) is 4.98 Å². The normalized spacial score (nSPS) is 15.3. The van der Waals surface area contributed by atoms with Crippen LogP contribution in [-0.2, 0) is 13.0 Å². The van der Waals surface area contributed by atoms with Crippen LogP contribution < -0.4 is 4.90 Å². The second-order valence-electron chi connectivity index (χ2n) is 10.0. The molecule has 2 N–H and O–H groups in total. The first-order valence-electron chi connectivity index (χ1n) is 11.4. The minimum Gasteiger partial charge on any atom is -0.465 e. The smallest absolute Gasteiger partial charge is 0.408 e. The summed E-state index contributed by atoms with van der Waals surface area (Å²) < 4.78 is 15.5. The van der Waals surface area contributed by atoms with E-state index in [0.717, 1.165) is 16.8 Å². The van der Waals surface area contributed by atoms with Crippen molar-refractivity contribution in [1.29, 1.82) is 0 Å². The maximum Gasteiger partial charge on any atom is 0.408 e. The lowest BCUT2D eigenvalue weighted by atomic mass is 9.84. The Labute approximate surface area is 213 Å². The van der Waals surface area contributed by atoms with E-state index in [4.69, 9.17) is 23.2 Å². The maximum atomic E-state index is 13.7. The average Bonchev–Trinajstić information content (AvgIpc) is 3.35. The highest BCUT2D eigenvalue weighted by Crippen LogP contribution is 2.33. The molecule has 7 nitrogen and oxygen atoms in total. The molecule has 3 aromatic rings. The molecule has 1 aromatic heterocycles. The Morgan fingerprint density at radius 3 is 2.57 bits per heavy atom. The molecule has 0 saturated carbocycles. The number of halogens is 3. The summed E-state index contributed by atoms with van der Waals surface area (Å²) in [6, 6.07) is 6.84. The SMILES string of the molecule is CC(C)(C)C(Cn1cnc2cc(Cl)c(Cl)cc21)N(C(=O)O)[C@@H](CO)CN1CCc2cc(F)ccc21. The van der Waals surface area contributed by atoms with Crippen molar-refractivity contribution in [2.75, 3.05) is 24.6 Å². The first-order valence-corrected chi connectivity index (χ1v) is 12.2. The quantitative estimate of drug-likeness (QED) is 0.439. The molecule has 1 unspecified atom stereocenters. The zero-order valence-electron chi connectivity index (χ0n) is 19.9. The molecular formula is C25H29Cl2FN4O3. The van der Waals surface area contributed by atoms with Crippen LogP contribution in [0.15, 0.2) is 36.7 Å². The molecule has 1 amide bonds. The number of imidazole rings is 1. The van der Waals surface area contributed by atoms with Gasteiger partial charge >= 0.3 is 6.09 Å². The van der Waals surface area contributed by atoms with Crippen LogP contribution in [0.3, 0.4) is 0 Å². The van der Waals surface area contributed by atoms with Gasteiger partial charge in [0.15, 0.2) is 0 Å². The Morgan fingerprint density at radius 1 is 1.20 bits per heavy atom. The van der Waals surface area contributed by atoms with E-state index >= 15 is 0 Å². The molecule has 1 aliphatic rings. The van der Waals surface area contributed by atoms with Crippen molar-refractivity contribution in [2.24, 2.45) is 5.41 Å². The standard InChI is InChI=1S/C25H29Cl2FN4O3/c1-25(2,3)23(12-31-14-29-20-9-18(26)19(27)10-22(20)31)32(24(34)35)17(13-33)11-30-7-6-15-8-16(28)4-5-21(15)30/h4-5,8-10,14,17,23,33H,6-7,11-13H2,1-3H3,(H,34,35)/t17-,23?/m1/s1. The minimum absolute atomic E-state index is 0.292. The third-order valence-electron chi connectivity index (χ3n) is 6.66. The molecule has 0 radical (unpaired) electrons. The summed E-state index contributed by atoms with van der Waals surface area (Å²) in [5.41, 5.74) is 2.69. The maximum absolute atomic E-state index is 13.7. The van der Waals surface area contributed by atoms with E-state index in [0.29, 0.717) is 41.6 Å². The number of aromatic nitrogens is 2. The lowest BCUT2D eigenvalue weighted by Crippen LogP contribution is -2.58. The number of nitrogens with zero attached hydrogens (tertiary/aromatic N) is 4. The predicted octanol–water partition coefficient (Wildman–Crippen LogP) is 5.30. The van der Waals surface area contributed by atoms with E-state index < -0.39 is 23.6 Å². The van der Waals surface area contributed by atoms with Gasteiger partial charge in [0.05, 0.1) is 46.1 Å². The molecule has 35 heavy (non-hydrogen) atoms. The van der Waals surface area contributed by atoms with Crippen molar-refractivity contribution < 1.29 is 19.4 Å². The van der Waals surface area contributed by atoms with E-state index in [-0.39, 0.29) is 12.4 Å². The summed E-state index contributed by atoms with van der Waals surface area (Å²) in [7, 11) is 0. The molecule has 0 fully saturated rings. The van der Waals surface area contributed by atoms with Crippen LogP contribution in [0, 0.1) is 11.2 Å². The van der Waals surface area contributed by atoms with Crippen molar-refractivity contribution in [1.82, 2.24) is 14.5 Å². The number of fused-ring (bicyclic) bond motifs is 2. The largest absolute Gasteiger partial charge is 0.465 e. The van der Waals surface area contributed by atoms with Crippen molar-refractivity contribution in [3.8, 4) is 0 Å². The topological polar surface area (TPSA) is 81.8 Å². The highest BCUT2D eigenvalue weighted by Gasteiger charge is 2.39. The van der Waals surface area contributed by atoms with Crippen LogP contribution >= 0.6 is 23.2 Å². The first-order chi connectivity index (χ1) is 16.5. The number of rotatable bonds is 7. The molecule has 1 aliphatic heterocycles. The number of carbonyl (C=O) groups is 1. The summed E-state index contributed by atoms with van der Waals surface area (Å²) in [5.74, 6) is -0.293. The second-order valence-corrected chi connectivity index (χ2v) is 10.8. The zero-order chi connectivity index (χ0) is 25.5. The van der Waals surface area contributed by atoms with Crippen LogP contribution in [-0.4, -0.2) is 62.5 Å². The Bertz CT molecular complexity index is 1240. The predicted molar refractivity (Wildman–Crippen MR) is 136 cm³/mol. The third-order valence-corrected chi connectivity index (χ3v) is 7.38. The van der Waals surface area contributed by atoms with Crippen molar-refractivity contribution in [2.45, 2.75) is 45.8 Å². The Hall–Kier alpha value is -2.55. The lowest BCUT2D eigenvalue weighted by molar-refractivity contribution is 0.0296. The monoisotopic (exact) mass is 522 g/mol. The molecule has 0 aliphatic carbocycles. The Balaban J connectivity index is 1.66. The number of hydrogen-bond acceptors (Lipinski definition) is 4. The van der Waals surface area contributed by atoms with Crippen LogP contribution in [0.25, 0.3) is 11.0 Å². The van der Waals surface area contributed by atoms with Gasteiger partial charge in [0, 0.05) is 25.3 Å². The van der Waals surface area contributed by atoms with Gasteiger partial charge in [-0.1, -0.05) is 44.0 Å². The molecule has 0 bridgehead atoms. The number of aliphatic hydroxyl groups is 1. The molecule has 2 heterocycles. The summed E-state index contributed by atoms with van der Waals surface area (Å²) in [6.07, 6.45) is 1.20. The third kappa shape index (κ3) is 5.20. The fourth-order valence-electron chi connectivity index (χ4n) is 4.82. The number of carboxylic acid groups (broad SMARTS) is 1. The average molecular weight is 523 g/mol. The summed E-state index contributed by atoms with van der Waals surface area (Å²) in [4.78, 5) is 20.4. The second kappa shape index (κ2) is 9.84. The van der Waals surface area contributed by atoms with Crippen molar-refractivity contribution in [3.05, 3.63) is 58.1 Å². The van der Waals surface area contributed by atoms with Gasteiger partial charge in [0.1, 0.15) is 5.82 Å². The highest BCUT2D eigenvalue weighted by atomic mass is 35.5. The Morgan fingerprint density at radius 2 is 1.91 bits per heavy atom. The molecule has 0 saturated heterocycles. The van der Waals surface area contributed by atoms with Gasteiger partial charge in [-0.15, -0.1) is 0 Å². The number of aliphatic hydroxyl groups excluding tert-OH is 1. The van der Waals surface area contributed by atoms with Crippen molar-refractivity contribution in [3.63, 3.8) is 0 Å². The highest BCUT2D eigenvalue weighted by molar-refractivity contribution is 6.42. The Kier molecular flexibility index (Phi) is 7.18. The van der Waals surface area contributed by atoms with Crippen LogP contribution in [0.1, 0.15) is 26.3 Å². The summed E-state index contributed by atoms with van der Waals surface area (Å²) >= 11 is 12.4. The van der Waals surface area contributed by atoms with Gasteiger partial charge in [0.25, 0.3) is 0 Å². The van der Waals surface area contributed by atoms with E-state index in [9.17, 15) is 19.4 Å². The van der Waals surface area contributed by atoms with Crippen LogP contribution in [0.4, 0.5) is 14.9 Å². The van der Waals surface area contributed by atoms with Gasteiger partial charge in [-0.3, -0.25) is 4.90 Å². The number of anilines is 1. The number of amides is 1. The molecule has 0 spiro atoms. The van der Waals surface area contributed by atoms with E-state index in [1.54, 1.807) is 24.5 Å². The van der Waals surface area contributed by atoms with E-state index in [1.165, 1.54) is 17.0 Å². The van der Waals surface area contributed by atoms with Crippen LogP contribution in [0.2, 0.25) is 10.0 Å². The zero-order valence-corrected chi connectivity index (χ0v) is 21.4. The minimum atomic E-state index is -1.12. The molecule has 4 rings (SSSR count). The molecule has 10 heteroatoms. The molecular weight excluding hydrogens is 494 g/mol. The first kappa shape index (κ1) is 25.5. The fraction of sp³-hybridized carbons (Fsp3) is 0.440. The van der Waals surface area contributed by atoms with Gasteiger partial charge < -0.3 is 19.7 Å². The molecule has 2 atom stereocenters. The van der Waals surface area contributed by atoms with E-state index in [1.807, 2.05) is 30.2 Å². The van der Waals surface area contributed by atoms with Crippen molar-refractivity contribution >= 4 is 46.0 Å². The van der Waals surface area contributed by atoms with Gasteiger partial charge in [-0.2, -0.15) is 0 Å². The number of benzene rings is 2. The summed E-state index contributed by atoms with van der Waals surface area (Å²) in [6.45, 7) is 6.80. The van der Waals surface area contributed by atoms with Gasteiger partial charge in [-0.05, 0) is 47.7 Å². The lowest BCUT2D eigenvalue weighted by Gasteiger charge is -2.43. The fourth-order valence-corrected chi connectivity index (χ4v) is 5.14.